The van der Waals surface area contributed by atoms with Gasteiger partial charge in [-0.2, -0.15) is 0 Å². The topological polar surface area (TPSA) is 159 Å². The Morgan fingerprint density at radius 3 is 2.62 bits per heavy atom. The highest BCUT2D eigenvalue weighted by molar-refractivity contribution is 7.93. The van der Waals surface area contributed by atoms with Gasteiger partial charge in [-0.15, -0.1) is 0 Å². The van der Waals surface area contributed by atoms with Crippen molar-refractivity contribution in [2.45, 2.75) is 19.8 Å². The first-order chi connectivity index (χ1) is 19.9. The normalized spacial score (nSPS) is 15.8. The van der Waals surface area contributed by atoms with E-state index in [9.17, 15) is 26.4 Å². The Balaban J connectivity index is 1.35. The summed E-state index contributed by atoms with van der Waals surface area (Å²) in [5, 5.41) is 0. The van der Waals surface area contributed by atoms with E-state index in [0.29, 0.717) is 47.2 Å². The monoisotopic (exact) mass is 614 g/mol. The SMILES string of the molecule is CCN1c2ncc(CCOc3cccc4c3CCS(=O)(=O)N4CC(=O)NS(C)(=O)=O)cc2C(=O)N(C)c2cccnc21. The molecular formula is C27H30N6O7S2. The van der Waals surface area contributed by atoms with Crippen molar-refractivity contribution >= 4 is 54.9 Å². The lowest BCUT2D eigenvalue weighted by Crippen LogP contribution is -2.45. The number of sulfonamides is 2. The van der Waals surface area contributed by atoms with Crippen LogP contribution in [-0.4, -0.2) is 77.4 Å². The second-order valence-electron chi connectivity index (χ2n) is 9.89. The van der Waals surface area contributed by atoms with Crippen molar-refractivity contribution in [3.8, 4) is 5.75 Å². The first kappa shape index (κ1) is 29.3. The fourth-order valence-corrected chi connectivity index (χ4v) is 7.00. The van der Waals surface area contributed by atoms with E-state index < -0.39 is 32.5 Å². The van der Waals surface area contributed by atoms with Crippen molar-refractivity contribution in [3.05, 3.63) is 65.5 Å². The van der Waals surface area contributed by atoms with Gasteiger partial charge in [0.05, 0.1) is 35.6 Å². The Morgan fingerprint density at radius 1 is 1.12 bits per heavy atom. The number of fused-ring (bicyclic) bond motifs is 3. The van der Waals surface area contributed by atoms with Crippen LogP contribution in [0, 0.1) is 0 Å². The average Bonchev–Trinajstić information content (AvgIpc) is 3.02. The van der Waals surface area contributed by atoms with Gasteiger partial charge < -0.3 is 14.5 Å². The summed E-state index contributed by atoms with van der Waals surface area (Å²) in [4.78, 5) is 38.2. The summed E-state index contributed by atoms with van der Waals surface area (Å²) < 4.78 is 57.2. The molecule has 0 radical (unpaired) electrons. The van der Waals surface area contributed by atoms with Gasteiger partial charge in [-0.3, -0.25) is 18.6 Å². The Kier molecular flexibility index (Phi) is 7.81. The zero-order valence-corrected chi connectivity index (χ0v) is 24.9. The standard InChI is InChI=1S/C27H30N6O7S2/c1-4-32-25-20(27(35)31(2)22-8-6-12-28-26(22)32)15-18(16-29-25)10-13-40-23-9-5-7-21-19(23)11-14-42(38,39)33(21)17-24(34)30-41(3,36)37/h5-9,12,15-16H,4,10-11,13-14,17H2,1-3H3,(H,30,34). The Bertz CT molecular complexity index is 1780. The number of pyridine rings is 2. The summed E-state index contributed by atoms with van der Waals surface area (Å²) >= 11 is 0. The molecule has 2 amide bonds. The number of benzene rings is 1. The predicted molar refractivity (Wildman–Crippen MR) is 157 cm³/mol. The van der Waals surface area contributed by atoms with Crippen molar-refractivity contribution in [1.29, 1.82) is 0 Å². The fraction of sp³-hybridized carbons (Fsp3) is 0.333. The number of hydrogen-bond acceptors (Lipinski definition) is 10. The number of amides is 2. The molecule has 0 spiro atoms. The number of nitrogens with one attached hydrogen (secondary N) is 1. The first-order valence-corrected chi connectivity index (χ1v) is 16.6. The maximum absolute atomic E-state index is 13.4. The van der Waals surface area contributed by atoms with Crippen LogP contribution in [0.2, 0.25) is 0 Å². The number of aromatic nitrogens is 2. The van der Waals surface area contributed by atoms with Crippen LogP contribution >= 0.6 is 0 Å². The van der Waals surface area contributed by atoms with Crippen LogP contribution in [0.15, 0.2) is 48.8 Å². The third kappa shape index (κ3) is 5.74. The predicted octanol–water partition coefficient (Wildman–Crippen LogP) is 1.61. The van der Waals surface area contributed by atoms with E-state index in [0.717, 1.165) is 16.1 Å². The molecule has 0 saturated heterocycles. The van der Waals surface area contributed by atoms with Gasteiger partial charge in [0.2, 0.25) is 20.0 Å². The van der Waals surface area contributed by atoms with Gasteiger partial charge >= 0.3 is 0 Å². The average molecular weight is 615 g/mol. The lowest BCUT2D eigenvalue weighted by atomic mass is 10.1. The van der Waals surface area contributed by atoms with Crippen LogP contribution in [0.4, 0.5) is 23.0 Å². The van der Waals surface area contributed by atoms with Gasteiger partial charge in [0, 0.05) is 38.0 Å². The van der Waals surface area contributed by atoms with E-state index in [1.54, 1.807) is 59.4 Å². The molecule has 0 unspecified atom stereocenters. The minimum absolute atomic E-state index is 0.167. The van der Waals surface area contributed by atoms with Crippen molar-refractivity contribution in [2.24, 2.45) is 0 Å². The number of carbonyl (C=O) groups excluding carboxylic acids is 2. The van der Waals surface area contributed by atoms with E-state index in [1.807, 2.05) is 17.9 Å². The molecule has 15 heteroatoms. The summed E-state index contributed by atoms with van der Waals surface area (Å²) in [6, 6.07) is 10.3. The van der Waals surface area contributed by atoms with E-state index in [1.165, 1.54) is 0 Å². The third-order valence-electron chi connectivity index (χ3n) is 6.97. The zero-order valence-electron chi connectivity index (χ0n) is 23.3. The highest BCUT2D eigenvalue weighted by Gasteiger charge is 2.34. The number of hydrogen-bond donors (Lipinski definition) is 1. The van der Waals surface area contributed by atoms with Gasteiger partial charge in [-0.1, -0.05) is 6.07 Å². The number of ether oxygens (including phenoxy) is 1. The highest BCUT2D eigenvalue weighted by Crippen LogP contribution is 2.38. The van der Waals surface area contributed by atoms with Crippen LogP contribution in [0.1, 0.15) is 28.4 Å². The van der Waals surface area contributed by atoms with E-state index in [-0.39, 0.29) is 30.4 Å². The first-order valence-electron chi connectivity index (χ1n) is 13.1. The quantitative estimate of drug-likeness (QED) is 0.395. The third-order valence-corrected chi connectivity index (χ3v) is 9.29. The Morgan fingerprint density at radius 2 is 1.88 bits per heavy atom. The van der Waals surface area contributed by atoms with Gasteiger partial charge in [-0.05, 0) is 49.2 Å². The fourth-order valence-electron chi connectivity index (χ4n) is 5.06. The smallest absolute Gasteiger partial charge is 0.261 e. The molecule has 1 N–H and O–H groups in total. The maximum Gasteiger partial charge on any atom is 0.261 e. The summed E-state index contributed by atoms with van der Waals surface area (Å²) in [5.41, 5.74) is 2.76. The molecule has 0 saturated carbocycles. The lowest BCUT2D eigenvalue weighted by molar-refractivity contribution is -0.117. The minimum atomic E-state index is -3.85. The lowest BCUT2D eigenvalue weighted by Gasteiger charge is -2.31. The molecule has 2 aliphatic rings. The summed E-state index contributed by atoms with van der Waals surface area (Å²) in [5.74, 6) is 0.197. The largest absolute Gasteiger partial charge is 0.493 e. The summed E-state index contributed by atoms with van der Waals surface area (Å²) in [6.07, 6.45) is 4.77. The van der Waals surface area contributed by atoms with Crippen LogP contribution in [0.25, 0.3) is 0 Å². The number of anilines is 4. The van der Waals surface area contributed by atoms with Crippen LogP contribution in [0.3, 0.4) is 0 Å². The van der Waals surface area contributed by atoms with Gasteiger partial charge in [-0.25, -0.2) is 26.8 Å². The van der Waals surface area contributed by atoms with Gasteiger partial charge in [0.25, 0.3) is 11.8 Å². The Labute approximate surface area is 244 Å². The number of carbonyl (C=O) groups is 2. The number of rotatable bonds is 8. The molecule has 42 heavy (non-hydrogen) atoms. The highest BCUT2D eigenvalue weighted by atomic mass is 32.2. The molecule has 222 valence electrons. The molecular weight excluding hydrogens is 584 g/mol. The van der Waals surface area contributed by atoms with E-state index >= 15 is 0 Å². The molecule has 4 heterocycles. The minimum Gasteiger partial charge on any atom is -0.493 e. The van der Waals surface area contributed by atoms with Crippen molar-refractivity contribution in [3.63, 3.8) is 0 Å². The Hall–Kier alpha value is -4.24. The van der Waals surface area contributed by atoms with Crippen LogP contribution in [0.5, 0.6) is 5.75 Å². The molecule has 5 rings (SSSR count). The maximum atomic E-state index is 13.4. The molecule has 1 aromatic carbocycles. The molecule has 0 atom stereocenters. The van der Waals surface area contributed by atoms with Crippen molar-refractivity contribution in [2.75, 3.05) is 52.9 Å². The molecule has 13 nitrogen and oxygen atoms in total. The number of nitrogens with zero attached hydrogens (tertiary/aromatic N) is 5. The molecule has 3 aromatic rings. The van der Waals surface area contributed by atoms with Crippen molar-refractivity contribution < 1.29 is 31.2 Å². The van der Waals surface area contributed by atoms with Crippen molar-refractivity contribution in [1.82, 2.24) is 14.7 Å². The molecule has 2 aromatic heterocycles. The molecule has 0 bridgehead atoms. The molecule has 0 aliphatic carbocycles. The van der Waals surface area contributed by atoms with Crippen LogP contribution in [-0.2, 0) is 37.7 Å². The van der Waals surface area contributed by atoms with E-state index in [2.05, 4.69) is 9.97 Å². The van der Waals surface area contributed by atoms with Gasteiger partial charge in [0.1, 0.15) is 18.1 Å². The summed E-state index contributed by atoms with van der Waals surface area (Å²) in [7, 11) is -5.99. The molecule has 0 fully saturated rings. The second kappa shape index (κ2) is 11.2. The van der Waals surface area contributed by atoms with Gasteiger partial charge in [0.15, 0.2) is 5.82 Å². The summed E-state index contributed by atoms with van der Waals surface area (Å²) in [6.45, 7) is 2.06. The second-order valence-corrected chi connectivity index (χ2v) is 13.7. The van der Waals surface area contributed by atoms with E-state index in [4.69, 9.17) is 4.74 Å². The molecule has 2 aliphatic heterocycles. The zero-order chi connectivity index (χ0) is 30.2. The van der Waals surface area contributed by atoms with Crippen LogP contribution < -0.4 is 23.6 Å².